The van der Waals surface area contributed by atoms with Crippen molar-refractivity contribution >= 4 is 28.6 Å². The first-order valence-corrected chi connectivity index (χ1v) is 10.1. The molecule has 1 aromatic heterocycles. The second-order valence-corrected chi connectivity index (χ2v) is 7.97. The van der Waals surface area contributed by atoms with Gasteiger partial charge in [-0.15, -0.1) is 0 Å². The predicted octanol–water partition coefficient (Wildman–Crippen LogP) is 4.51. The van der Waals surface area contributed by atoms with Crippen LogP contribution in [0.5, 0.6) is 0 Å². The fourth-order valence-electron chi connectivity index (χ4n) is 4.28. The smallest absolute Gasteiger partial charge is 0.233 e. The average molecular weight is 340 g/mol. The fourth-order valence-corrected chi connectivity index (χ4v) is 5.05. The van der Waals surface area contributed by atoms with Gasteiger partial charge in [0.1, 0.15) is 0 Å². The number of likely N-dealkylation sites (tertiary alicyclic amines) is 1. The third kappa shape index (κ3) is 3.30. The zero-order valence-electron chi connectivity index (χ0n) is 14.0. The molecule has 24 heavy (non-hydrogen) atoms. The van der Waals surface area contributed by atoms with E-state index in [0.717, 1.165) is 28.4 Å². The zero-order chi connectivity index (χ0) is 16.4. The number of hydrogen-bond acceptors (Lipinski definition) is 3. The van der Waals surface area contributed by atoms with E-state index >= 15 is 0 Å². The lowest BCUT2D eigenvalue weighted by molar-refractivity contribution is -0.134. The van der Waals surface area contributed by atoms with Crippen LogP contribution in [-0.4, -0.2) is 34.1 Å². The molecule has 1 saturated heterocycles. The highest BCUT2D eigenvalue weighted by molar-refractivity contribution is 7.99. The van der Waals surface area contributed by atoms with Gasteiger partial charge in [0.05, 0.1) is 16.3 Å². The van der Waals surface area contributed by atoms with Crippen molar-refractivity contribution in [1.82, 2.24) is 9.88 Å². The van der Waals surface area contributed by atoms with Crippen LogP contribution in [0.25, 0.3) is 10.9 Å². The second-order valence-electron chi connectivity index (χ2n) is 6.97. The first-order valence-electron chi connectivity index (χ1n) is 9.09. The molecule has 2 fully saturated rings. The minimum Gasteiger partial charge on any atom is -0.339 e. The van der Waals surface area contributed by atoms with Gasteiger partial charge in [-0.25, -0.2) is 4.98 Å². The number of nitrogens with zero attached hydrogens (tertiary/aromatic N) is 2. The van der Waals surface area contributed by atoms with Gasteiger partial charge in [-0.1, -0.05) is 48.9 Å². The number of aromatic nitrogens is 1. The van der Waals surface area contributed by atoms with Crippen molar-refractivity contribution in [3.63, 3.8) is 0 Å². The summed E-state index contributed by atoms with van der Waals surface area (Å²) in [6.07, 6.45) is 7.63. The van der Waals surface area contributed by atoms with Gasteiger partial charge in [0, 0.05) is 18.0 Å². The maximum Gasteiger partial charge on any atom is 0.233 e. The Kier molecular flexibility index (Phi) is 4.74. The number of amides is 1. The van der Waals surface area contributed by atoms with Crippen LogP contribution < -0.4 is 0 Å². The molecule has 2 heterocycles. The SMILES string of the molecule is O=C(CSc1ccc2ccccc2n1)N1CCC[C@@H]2CCCC[C@@H]21. The van der Waals surface area contributed by atoms with Crippen molar-refractivity contribution in [1.29, 1.82) is 0 Å². The van der Waals surface area contributed by atoms with Crippen LogP contribution in [0, 0.1) is 5.92 Å². The van der Waals surface area contributed by atoms with Gasteiger partial charge in [-0.2, -0.15) is 0 Å². The Bertz CT molecular complexity index is 730. The highest BCUT2D eigenvalue weighted by atomic mass is 32.2. The van der Waals surface area contributed by atoms with Crippen LogP contribution in [0.1, 0.15) is 38.5 Å². The van der Waals surface area contributed by atoms with Crippen LogP contribution in [0.15, 0.2) is 41.4 Å². The number of pyridine rings is 1. The summed E-state index contributed by atoms with van der Waals surface area (Å²) < 4.78 is 0. The Balaban J connectivity index is 1.41. The van der Waals surface area contributed by atoms with Crippen molar-refractivity contribution in [3.8, 4) is 0 Å². The van der Waals surface area contributed by atoms with Gasteiger partial charge in [-0.3, -0.25) is 4.79 Å². The number of carbonyl (C=O) groups excluding carboxylic acids is 1. The topological polar surface area (TPSA) is 33.2 Å². The zero-order valence-corrected chi connectivity index (χ0v) is 14.8. The van der Waals surface area contributed by atoms with E-state index in [4.69, 9.17) is 0 Å². The summed E-state index contributed by atoms with van der Waals surface area (Å²) in [6.45, 7) is 0.950. The van der Waals surface area contributed by atoms with Crippen LogP contribution in [0.3, 0.4) is 0 Å². The molecular formula is C20H24N2OS. The number of piperidine rings is 1. The van der Waals surface area contributed by atoms with Crippen molar-refractivity contribution in [2.45, 2.75) is 49.6 Å². The normalized spacial score (nSPS) is 23.9. The molecule has 1 amide bonds. The predicted molar refractivity (Wildman–Crippen MR) is 99.2 cm³/mol. The van der Waals surface area contributed by atoms with Crippen LogP contribution >= 0.6 is 11.8 Å². The van der Waals surface area contributed by atoms with Crippen LogP contribution in [0.2, 0.25) is 0 Å². The van der Waals surface area contributed by atoms with Gasteiger partial charge in [-0.05, 0) is 43.7 Å². The van der Waals surface area contributed by atoms with E-state index in [9.17, 15) is 4.79 Å². The molecule has 0 radical (unpaired) electrons. The maximum atomic E-state index is 12.8. The maximum absolute atomic E-state index is 12.8. The molecule has 2 aliphatic rings. The Hall–Kier alpha value is -1.55. The Morgan fingerprint density at radius 3 is 2.88 bits per heavy atom. The molecule has 1 aliphatic heterocycles. The summed E-state index contributed by atoms with van der Waals surface area (Å²) in [4.78, 5) is 19.6. The first kappa shape index (κ1) is 15.9. The summed E-state index contributed by atoms with van der Waals surface area (Å²) in [6, 6.07) is 12.7. The molecular weight excluding hydrogens is 316 g/mol. The fraction of sp³-hybridized carbons (Fsp3) is 0.500. The molecule has 1 aliphatic carbocycles. The molecule has 0 unspecified atom stereocenters. The Labute approximate surface area is 147 Å². The van der Waals surface area contributed by atoms with Gasteiger partial charge >= 0.3 is 0 Å². The number of fused-ring (bicyclic) bond motifs is 2. The lowest BCUT2D eigenvalue weighted by atomic mass is 9.78. The van der Waals surface area contributed by atoms with Crippen molar-refractivity contribution in [2.24, 2.45) is 5.92 Å². The van der Waals surface area contributed by atoms with Gasteiger partial charge < -0.3 is 4.90 Å². The third-order valence-electron chi connectivity index (χ3n) is 5.48. The molecule has 4 rings (SSSR count). The molecule has 1 aromatic carbocycles. The van der Waals surface area contributed by atoms with Gasteiger partial charge in [0.15, 0.2) is 0 Å². The van der Waals surface area contributed by atoms with E-state index < -0.39 is 0 Å². The molecule has 3 nitrogen and oxygen atoms in total. The van der Waals surface area contributed by atoms with E-state index in [2.05, 4.69) is 22.0 Å². The molecule has 126 valence electrons. The average Bonchev–Trinajstić information content (AvgIpc) is 2.65. The second kappa shape index (κ2) is 7.14. The Morgan fingerprint density at radius 2 is 1.92 bits per heavy atom. The molecule has 1 saturated carbocycles. The number of thioether (sulfide) groups is 1. The van der Waals surface area contributed by atoms with Gasteiger partial charge in [0.2, 0.25) is 5.91 Å². The molecule has 0 spiro atoms. The van der Waals surface area contributed by atoms with Crippen molar-refractivity contribution in [2.75, 3.05) is 12.3 Å². The molecule has 0 N–H and O–H groups in total. The number of para-hydroxylation sites is 1. The summed E-state index contributed by atoms with van der Waals surface area (Å²) >= 11 is 1.57. The molecule has 0 bridgehead atoms. The van der Waals surface area contributed by atoms with Crippen molar-refractivity contribution < 1.29 is 4.79 Å². The number of benzene rings is 1. The summed E-state index contributed by atoms with van der Waals surface area (Å²) in [5.41, 5.74) is 1.00. The standard InChI is InChI=1S/C20H24N2OS/c23-20(22-13-5-8-16-7-2-4-10-18(16)22)14-24-19-12-11-15-6-1-3-9-17(15)21-19/h1,3,6,9,11-12,16,18H,2,4-5,7-8,10,13-14H2/t16-,18-/m0/s1. The van der Waals surface area contributed by atoms with E-state index in [1.165, 1.54) is 38.5 Å². The highest BCUT2D eigenvalue weighted by Gasteiger charge is 2.35. The molecule has 2 atom stereocenters. The third-order valence-corrected chi connectivity index (χ3v) is 6.39. The monoisotopic (exact) mass is 340 g/mol. The number of rotatable bonds is 3. The van der Waals surface area contributed by atoms with Crippen molar-refractivity contribution in [3.05, 3.63) is 36.4 Å². The summed E-state index contributed by atoms with van der Waals surface area (Å²) in [7, 11) is 0. The lowest BCUT2D eigenvalue weighted by Crippen LogP contribution is -2.50. The quantitative estimate of drug-likeness (QED) is 0.771. The highest BCUT2D eigenvalue weighted by Crippen LogP contribution is 2.35. The van der Waals surface area contributed by atoms with E-state index in [1.54, 1.807) is 11.8 Å². The number of hydrogen-bond donors (Lipinski definition) is 0. The number of carbonyl (C=O) groups is 1. The van der Waals surface area contributed by atoms with Crippen LogP contribution in [0.4, 0.5) is 0 Å². The van der Waals surface area contributed by atoms with E-state index in [0.29, 0.717) is 17.7 Å². The van der Waals surface area contributed by atoms with Crippen LogP contribution in [-0.2, 0) is 4.79 Å². The first-order chi connectivity index (χ1) is 11.8. The minimum absolute atomic E-state index is 0.298. The van der Waals surface area contributed by atoms with E-state index in [-0.39, 0.29) is 0 Å². The van der Waals surface area contributed by atoms with E-state index in [1.807, 2.05) is 24.3 Å². The largest absolute Gasteiger partial charge is 0.339 e. The summed E-state index contributed by atoms with van der Waals surface area (Å²) in [5.74, 6) is 1.56. The lowest BCUT2D eigenvalue weighted by Gasteiger charge is -2.44. The van der Waals surface area contributed by atoms with Gasteiger partial charge in [0.25, 0.3) is 0 Å². The molecule has 4 heteroatoms. The minimum atomic E-state index is 0.298. The Morgan fingerprint density at radius 1 is 1.08 bits per heavy atom. The molecule has 2 aromatic rings. The summed E-state index contributed by atoms with van der Waals surface area (Å²) in [5, 5.41) is 2.09.